The zero-order chi connectivity index (χ0) is 13.6. The van der Waals surface area contributed by atoms with Gasteiger partial charge in [0.15, 0.2) is 0 Å². The lowest BCUT2D eigenvalue weighted by atomic mass is 10.1. The summed E-state index contributed by atoms with van der Waals surface area (Å²) >= 11 is 0. The van der Waals surface area contributed by atoms with Crippen molar-refractivity contribution in [1.82, 2.24) is 9.97 Å². The summed E-state index contributed by atoms with van der Waals surface area (Å²) in [7, 11) is 0. The lowest BCUT2D eigenvalue weighted by Gasteiger charge is -2.03. The standard InChI is InChI=1S/C18H16N2/c1-2-6-15(7-3-1)9-11-17-12-10-16(14-20-17)18-8-4-5-13-19-18/h1-8,10,12-14H,9,11H2. The van der Waals surface area contributed by atoms with Gasteiger partial charge >= 0.3 is 0 Å². The van der Waals surface area contributed by atoms with Gasteiger partial charge in [0.25, 0.3) is 0 Å². The molecule has 2 aromatic heterocycles. The molecule has 0 aliphatic rings. The third-order valence-electron chi connectivity index (χ3n) is 3.30. The Bertz CT molecular complexity index is 646. The fraction of sp³-hybridized carbons (Fsp3) is 0.111. The number of aryl methyl sites for hydroxylation is 2. The first-order chi connectivity index (χ1) is 9.92. The molecule has 0 saturated heterocycles. The van der Waals surface area contributed by atoms with E-state index < -0.39 is 0 Å². The highest BCUT2D eigenvalue weighted by Crippen LogP contribution is 2.15. The Balaban J connectivity index is 1.68. The predicted octanol–water partition coefficient (Wildman–Crippen LogP) is 3.93. The van der Waals surface area contributed by atoms with Crippen LogP contribution in [0.3, 0.4) is 0 Å². The van der Waals surface area contributed by atoms with Crippen molar-refractivity contribution in [3.8, 4) is 11.3 Å². The minimum Gasteiger partial charge on any atom is -0.261 e. The first-order valence-corrected chi connectivity index (χ1v) is 6.82. The molecule has 20 heavy (non-hydrogen) atoms. The minimum atomic E-state index is 0.965. The van der Waals surface area contributed by atoms with Gasteiger partial charge in [0.1, 0.15) is 0 Å². The number of hydrogen-bond donors (Lipinski definition) is 0. The van der Waals surface area contributed by atoms with Crippen LogP contribution in [0.4, 0.5) is 0 Å². The lowest BCUT2D eigenvalue weighted by molar-refractivity contribution is 0.914. The summed E-state index contributed by atoms with van der Waals surface area (Å²) in [5, 5.41) is 0. The quantitative estimate of drug-likeness (QED) is 0.710. The van der Waals surface area contributed by atoms with Gasteiger partial charge in [0, 0.05) is 23.7 Å². The first-order valence-electron chi connectivity index (χ1n) is 6.82. The number of pyridine rings is 2. The van der Waals surface area contributed by atoms with E-state index in [1.807, 2.05) is 30.5 Å². The number of rotatable bonds is 4. The maximum atomic E-state index is 4.53. The fourth-order valence-corrected chi connectivity index (χ4v) is 2.17. The highest BCUT2D eigenvalue weighted by atomic mass is 14.7. The molecule has 0 saturated carbocycles. The van der Waals surface area contributed by atoms with Crippen LogP contribution in [0.1, 0.15) is 11.3 Å². The number of benzene rings is 1. The molecule has 0 N–H and O–H groups in total. The van der Waals surface area contributed by atoms with Gasteiger partial charge in [-0.15, -0.1) is 0 Å². The average molecular weight is 260 g/mol. The second kappa shape index (κ2) is 6.11. The molecular formula is C18H16N2. The number of nitrogens with zero attached hydrogens (tertiary/aromatic N) is 2. The van der Waals surface area contributed by atoms with E-state index in [2.05, 4.69) is 46.4 Å². The molecule has 0 fully saturated rings. The van der Waals surface area contributed by atoms with Gasteiger partial charge in [-0.05, 0) is 42.7 Å². The van der Waals surface area contributed by atoms with Crippen LogP contribution in [0.5, 0.6) is 0 Å². The highest BCUT2D eigenvalue weighted by molar-refractivity contribution is 5.57. The largest absolute Gasteiger partial charge is 0.261 e. The second-order valence-corrected chi connectivity index (χ2v) is 4.74. The maximum Gasteiger partial charge on any atom is 0.0717 e. The summed E-state index contributed by atoms with van der Waals surface area (Å²) in [5.41, 5.74) is 4.50. The molecule has 0 bridgehead atoms. The molecule has 3 aromatic rings. The molecule has 2 heterocycles. The molecule has 0 aliphatic heterocycles. The van der Waals surface area contributed by atoms with E-state index >= 15 is 0 Å². The Labute approximate surface area is 119 Å². The number of aromatic nitrogens is 2. The molecule has 0 spiro atoms. The molecule has 0 radical (unpaired) electrons. The smallest absolute Gasteiger partial charge is 0.0717 e. The summed E-state index contributed by atoms with van der Waals surface area (Å²) in [6.07, 6.45) is 5.70. The third-order valence-corrected chi connectivity index (χ3v) is 3.30. The Morgan fingerprint density at radius 1 is 0.700 bits per heavy atom. The van der Waals surface area contributed by atoms with E-state index in [1.54, 1.807) is 6.20 Å². The van der Waals surface area contributed by atoms with E-state index in [0.29, 0.717) is 0 Å². The predicted molar refractivity (Wildman–Crippen MR) is 81.3 cm³/mol. The van der Waals surface area contributed by atoms with Crippen molar-refractivity contribution in [3.05, 3.63) is 84.3 Å². The normalized spacial score (nSPS) is 10.4. The molecule has 2 heteroatoms. The van der Waals surface area contributed by atoms with E-state index in [0.717, 1.165) is 29.8 Å². The van der Waals surface area contributed by atoms with Crippen LogP contribution in [0.2, 0.25) is 0 Å². The molecule has 2 nitrogen and oxygen atoms in total. The molecule has 0 aliphatic carbocycles. The summed E-state index contributed by atoms with van der Waals surface area (Å²) in [4.78, 5) is 8.86. The Hall–Kier alpha value is -2.48. The topological polar surface area (TPSA) is 25.8 Å². The van der Waals surface area contributed by atoms with Crippen molar-refractivity contribution in [2.75, 3.05) is 0 Å². The van der Waals surface area contributed by atoms with Crippen LogP contribution in [-0.2, 0) is 12.8 Å². The van der Waals surface area contributed by atoms with Crippen molar-refractivity contribution in [2.24, 2.45) is 0 Å². The van der Waals surface area contributed by atoms with Crippen molar-refractivity contribution in [1.29, 1.82) is 0 Å². The molecule has 1 aromatic carbocycles. The summed E-state index contributed by atoms with van der Waals surface area (Å²) in [6, 6.07) is 20.6. The van der Waals surface area contributed by atoms with Crippen LogP contribution >= 0.6 is 0 Å². The van der Waals surface area contributed by atoms with Crippen molar-refractivity contribution >= 4 is 0 Å². The second-order valence-electron chi connectivity index (χ2n) is 4.74. The van der Waals surface area contributed by atoms with Crippen LogP contribution < -0.4 is 0 Å². The lowest BCUT2D eigenvalue weighted by Crippen LogP contribution is -1.94. The van der Waals surface area contributed by atoms with Crippen LogP contribution in [-0.4, -0.2) is 9.97 Å². The van der Waals surface area contributed by atoms with E-state index in [-0.39, 0.29) is 0 Å². The summed E-state index contributed by atoms with van der Waals surface area (Å²) in [5.74, 6) is 0. The van der Waals surface area contributed by atoms with Gasteiger partial charge in [-0.2, -0.15) is 0 Å². The summed E-state index contributed by atoms with van der Waals surface area (Å²) in [6.45, 7) is 0. The third kappa shape index (κ3) is 3.09. The minimum absolute atomic E-state index is 0.965. The van der Waals surface area contributed by atoms with Gasteiger partial charge in [0.2, 0.25) is 0 Å². The fourth-order valence-electron chi connectivity index (χ4n) is 2.17. The first kappa shape index (κ1) is 12.5. The van der Waals surface area contributed by atoms with Crippen LogP contribution in [0.15, 0.2) is 73.1 Å². The SMILES string of the molecule is c1ccc(CCc2ccc(-c3ccccn3)cn2)cc1. The van der Waals surface area contributed by atoms with Crippen molar-refractivity contribution in [2.45, 2.75) is 12.8 Å². The van der Waals surface area contributed by atoms with Gasteiger partial charge in [0.05, 0.1) is 5.69 Å². The molecule has 98 valence electrons. The highest BCUT2D eigenvalue weighted by Gasteiger charge is 2.00. The van der Waals surface area contributed by atoms with Gasteiger partial charge in [-0.1, -0.05) is 36.4 Å². The van der Waals surface area contributed by atoms with Gasteiger partial charge in [-0.25, -0.2) is 0 Å². The van der Waals surface area contributed by atoms with Crippen molar-refractivity contribution < 1.29 is 0 Å². The van der Waals surface area contributed by atoms with E-state index in [1.165, 1.54) is 5.56 Å². The maximum absolute atomic E-state index is 4.53. The number of hydrogen-bond acceptors (Lipinski definition) is 2. The van der Waals surface area contributed by atoms with Gasteiger partial charge < -0.3 is 0 Å². The van der Waals surface area contributed by atoms with E-state index in [9.17, 15) is 0 Å². The Morgan fingerprint density at radius 2 is 1.55 bits per heavy atom. The molecule has 0 atom stereocenters. The summed E-state index contributed by atoms with van der Waals surface area (Å²) < 4.78 is 0. The molecule has 0 unspecified atom stereocenters. The molecule has 3 rings (SSSR count). The van der Waals surface area contributed by atoms with Crippen molar-refractivity contribution in [3.63, 3.8) is 0 Å². The monoisotopic (exact) mass is 260 g/mol. The average Bonchev–Trinajstić information content (AvgIpc) is 2.55. The zero-order valence-corrected chi connectivity index (χ0v) is 11.2. The van der Waals surface area contributed by atoms with Crippen LogP contribution in [0.25, 0.3) is 11.3 Å². The zero-order valence-electron chi connectivity index (χ0n) is 11.2. The van der Waals surface area contributed by atoms with E-state index in [4.69, 9.17) is 0 Å². The Kier molecular flexibility index (Phi) is 3.83. The molecule has 0 amide bonds. The molecular weight excluding hydrogens is 244 g/mol. The Morgan fingerprint density at radius 3 is 2.25 bits per heavy atom. The van der Waals surface area contributed by atoms with Gasteiger partial charge in [-0.3, -0.25) is 9.97 Å². The van der Waals surface area contributed by atoms with Crippen LogP contribution in [0, 0.1) is 0 Å².